The standard InChI is InChI=1S/C29H31Br2O10PS/c1-20-4-14-25(15-5-20)43(36,37)41-26(27(32)33)16-29(2,28(34)38-3)19-42(35,39-17-21-6-10-23(30)11-7-21)40-18-22-8-12-24(31)13-9-22/h4-15,26H,16-19H2,1-3H3,(H,32,33)/t26-,29+/m0/s1. The second kappa shape index (κ2) is 15.1. The lowest BCUT2D eigenvalue weighted by molar-refractivity contribution is -0.155. The van der Waals surface area contributed by atoms with Crippen LogP contribution in [0.15, 0.2) is 86.6 Å². The first-order valence-electron chi connectivity index (χ1n) is 12.8. The van der Waals surface area contributed by atoms with E-state index >= 15 is 0 Å². The summed E-state index contributed by atoms with van der Waals surface area (Å²) in [5, 5.41) is 9.91. The molecule has 3 aromatic carbocycles. The molecule has 1 N–H and O–H groups in total. The van der Waals surface area contributed by atoms with Gasteiger partial charge in [0.05, 0.1) is 36.8 Å². The molecule has 43 heavy (non-hydrogen) atoms. The van der Waals surface area contributed by atoms with E-state index in [1.54, 1.807) is 55.5 Å². The molecule has 0 fully saturated rings. The molecule has 0 spiro atoms. The molecule has 0 saturated heterocycles. The molecule has 10 nitrogen and oxygen atoms in total. The number of aryl methyl sites for hydroxylation is 1. The molecule has 0 heterocycles. The molecule has 0 saturated carbocycles. The summed E-state index contributed by atoms with van der Waals surface area (Å²) in [5.41, 5.74) is 0.238. The Bertz CT molecular complexity index is 1510. The molecule has 0 aliphatic carbocycles. The lowest BCUT2D eigenvalue weighted by Gasteiger charge is -2.32. The maximum Gasteiger partial charge on any atom is 0.334 e. The van der Waals surface area contributed by atoms with Crippen molar-refractivity contribution in [2.45, 2.75) is 44.5 Å². The van der Waals surface area contributed by atoms with Gasteiger partial charge in [-0.25, -0.2) is 4.79 Å². The molecule has 3 rings (SSSR count). The average Bonchev–Trinajstić information content (AvgIpc) is 2.96. The summed E-state index contributed by atoms with van der Waals surface area (Å²) < 4.78 is 63.4. The summed E-state index contributed by atoms with van der Waals surface area (Å²) in [6.07, 6.45) is -3.37. The number of benzene rings is 3. The Hall–Kier alpha value is -2.38. The van der Waals surface area contributed by atoms with E-state index in [1.165, 1.54) is 31.2 Å². The summed E-state index contributed by atoms with van der Waals surface area (Å²) >= 11 is 6.70. The number of aliphatic carboxylic acids is 1. The quantitative estimate of drug-likeness (QED) is 0.0990. The molecule has 0 radical (unpaired) electrons. The average molecular weight is 762 g/mol. The Kier molecular flexibility index (Phi) is 12.3. The highest BCUT2D eigenvalue weighted by molar-refractivity contribution is 9.10. The summed E-state index contributed by atoms with van der Waals surface area (Å²) in [6, 6.07) is 19.7. The Balaban J connectivity index is 1.92. The molecule has 0 aliphatic heterocycles. The second-order valence-corrected chi connectivity index (χ2v) is 15.5. The fourth-order valence-electron chi connectivity index (χ4n) is 4.01. The zero-order valence-corrected chi connectivity index (χ0v) is 28.4. The summed E-state index contributed by atoms with van der Waals surface area (Å²) in [7, 11) is -7.65. The van der Waals surface area contributed by atoms with Crippen molar-refractivity contribution in [3.63, 3.8) is 0 Å². The largest absolute Gasteiger partial charge is 0.479 e. The highest BCUT2D eigenvalue weighted by Gasteiger charge is 2.47. The van der Waals surface area contributed by atoms with Crippen LogP contribution < -0.4 is 0 Å². The monoisotopic (exact) mass is 760 g/mol. The summed E-state index contributed by atoms with van der Waals surface area (Å²) in [5.74, 6) is -2.60. The van der Waals surface area contributed by atoms with Crippen LogP contribution in [0.25, 0.3) is 0 Å². The van der Waals surface area contributed by atoms with Crippen molar-refractivity contribution in [2.24, 2.45) is 5.41 Å². The third kappa shape index (κ3) is 10.3. The minimum Gasteiger partial charge on any atom is -0.479 e. The fourth-order valence-corrected chi connectivity index (χ4v) is 7.63. The van der Waals surface area contributed by atoms with Gasteiger partial charge in [-0.2, -0.15) is 8.42 Å². The Morgan fingerprint density at radius 1 is 0.884 bits per heavy atom. The molecule has 0 aliphatic rings. The zero-order valence-electron chi connectivity index (χ0n) is 23.6. The number of rotatable bonds is 15. The third-order valence-corrected chi connectivity index (χ3v) is 10.9. The highest BCUT2D eigenvalue weighted by atomic mass is 79.9. The second-order valence-electron chi connectivity index (χ2n) is 10.0. The summed E-state index contributed by atoms with van der Waals surface area (Å²) in [6.45, 7) is 2.76. The van der Waals surface area contributed by atoms with Crippen molar-refractivity contribution in [1.29, 1.82) is 0 Å². The first kappa shape index (κ1) is 35.1. The van der Waals surface area contributed by atoms with Crippen molar-refractivity contribution in [3.05, 3.63) is 98.4 Å². The molecule has 0 unspecified atom stereocenters. The van der Waals surface area contributed by atoms with Gasteiger partial charge >= 0.3 is 19.5 Å². The number of carboxylic acid groups (broad SMARTS) is 1. The van der Waals surface area contributed by atoms with Gasteiger partial charge in [0.25, 0.3) is 10.1 Å². The van der Waals surface area contributed by atoms with Crippen LogP contribution in [0.5, 0.6) is 0 Å². The molecule has 0 aromatic heterocycles. The van der Waals surface area contributed by atoms with Crippen LogP contribution in [-0.4, -0.2) is 44.8 Å². The van der Waals surface area contributed by atoms with E-state index in [1.807, 2.05) is 0 Å². The highest BCUT2D eigenvalue weighted by Crippen LogP contribution is 2.55. The first-order chi connectivity index (χ1) is 20.1. The van der Waals surface area contributed by atoms with E-state index in [9.17, 15) is 27.7 Å². The van der Waals surface area contributed by atoms with Crippen molar-refractivity contribution in [1.82, 2.24) is 0 Å². The lowest BCUT2D eigenvalue weighted by Crippen LogP contribution is -2.41. The van der Waals surface area contributed by atoms with Gasteiger partial charge in [0.2, 0.25) is 0 Å². The number of ether oxygens (including phenoxy) is 1. The van der Waals surface area contributed by atoms with Crippen molar-refractivity contribution in [2.75, 3.05) is 13.3 Å². The van der Waals surface area contributed by atoms with E-state index in [2.05, 4.69) is 31.9 Å². The molecular weight excluding hydrogens is 731 g/mol. The number of halogens is 2. The van der Waals surface area contributed by atoms with Gasteiger partial charge < -0.3 is 18.9 Å². The molecule has 232 valence electrons. The van der Waals surface area contributed by atoms with E-state index in [4.69, 9.17) is 18.0 Å². The Morgan fingerprint density at radius 3 is 1.77 bits per heavy atom. The molecule has 0 amide bonds. The van der Waals surface area contributed by atoms with Crippen LogP contribution in [0, 0.1) is 12.3 Å². The molecule has 14 heteroatoms. The van der Waals surface area contributed by atoms with Crippen molar-refractivity contribution >= 4 is 61.5 Å². The van der Waals surface area contributed by atoms with Gasteiger partial charge in [-0.3, -0.25) is 13.5 Å². The minimum absolute atomic E-state index is 0.150. The zero-order chi connectivity index (χ0) is 31.8. The number of hydrogen-bond donors (Lipinski definition) is 1. The van der Waals surface area contributed by atoms with Gasteiger partial charge in [-0.15, -0.1) is 0 Å². The molecule has 2 atom stereocenters. The maximum atomic E-state index is 14.2. The number of hydrogen-bond acceptors (Lipinski definition) is 9. The van der Waals surface area contributed by atoms with E-state index < -0.39 is 53.8 Å². The minimum atomic E-state index is -4.54. The predicted molar refractivity (Wildman–Crippen MR) is 166 cm³/mol. The van der Waals surface area contributed by atoms with Gasteiger partial charge in [0.15, 0.2) is 6.10 Å². The van der Waals surface area contributed by atoms with Crippen LogP contribution in [0.1, 0.15) is 30.0 Å². The number of methoxy groups -OCH3 is 1. The number of carbonyl (C=O) groups excluding carboxylic acids is 1. The van der Waals surface area contributed by atoms with Gasteiger partial charge in [0, 0.05) is 15.4 Å². The van der Waals surface area contributed by atoms with Crippen LogP contribution in [0.4, 0.5) is 0 Å². The van der Waals surface area contributed by atoms with Gasteiger partial charge in [-0.05, 0) is 61.4 Å². The topological polar surface area (TPSA) is 142 Å². The fraction of sp³-hybridized carbons (Fsp3) is 0.310. The number of carbonyl (C=O) groups is 2. The Morgan fingerprint density at radius 2 is 1.35 bits per heavy atom. The van der Waals surface area contributed by atoms with Gasteiger partial charge in [-0.1, -0.05) is 73.8 Å². The van der Waals surface area contributed by atoms with Gasteiger partial charge in [0.1, 0.15) is 0 Å². The lowest BCUT2D eigenvalue weighted by atomic mass is 9.86. The van der Waals surface area contributed by atoms with Crippen molar-refractivity contribution < 1.29 is 45.6 Å². The van der Waals surface area contributed by atoms with Crippen LogP contribution in [-0.2, 0) is 55.5 Å². The van der Waals surface area contributed by atoms with E-state index in [0.29, 0.717) is 11.1 Å². The van der Waals surface area contributed by atoms with E-state index in [-0.39, 0.29) is 18.1 Å². The molecule has 0 bridgehead atoms. The number of carboxylic acids is 1. The maximum absolute atomic E-state index is 14.2. The molecular formula is C29H31Br2O10PS. The Labute approximate surface area is 267 Å². The SMILES string of the molecule is COC(=O)[C@](C)(C[C@H](OS(=O)(=O)c1ccc(C)cc1)C(=O)O)CP(=O)(OCc1ccc(Br)cc1)OCc1ccc(Br)cc1. The predicted octanol–water partition coefficient (Wildman–Crippen LogP) is 6.87. The third-order valence-electron chi connectivity index (χ3n) is 6.37. The van der Waals surface area contributed by atoms with Crippen LogP contribution in [0.2, 0.25) is 0 Å². The normalized spacial score (nSPS) is 14.1. The van der Waals surface area contributed by atoms with E-state index in [0.717, 1.165) is 21.6 Å². The first-order valence-corrected chi connectivity index (χ1v) is 17.6. The summed E-state index contributed by atoms with van der Waals surface area (Å²) in [4.78, 5) is 25.1. The smallest absolute Gasteiger partial charge is 0.334 e. The van der Waals surface area contributed by atoms with Crippen LogP contribution >= 0.6 is 39.5 Å². The van der Waals surface area contributed by atoms with Crippen molar-refractivity contribution in [3.8, 4) is 0 Å². The molecule has 3 aromatic rings. The number of esters is 1. The van der Waals surface area contributed by atoms with Crippen LogP contribution in [0.3, 0.4) is 0 Å².